The molecule has 0 aliphatic heterocycles. The summed E-state index contributed by atoms with van der Waals surface area (Å²) >= 11 is 0. The number of nitro benzene ring substituents is 1. The average molecular weight is 493 g/mol. The maximum atomic E-state index is 12.1. The predicted molar refractivity (Wildman–Crippen MR) is 133 cm³/mol. The normalized spacial score (nSPS) is 12.0. The molecule has 0 fully saturated rings. The number of fused-ring (bicyclic) bond motifs is 3. The number of benzene rings is 3. The lowest BCUT2D eigenvalue weighted by Gasteiger charge is -2.14. The molecule has 36 heavy (non-hydrogen) atoms. The van der Waals surface area contributed by atoms with Gasteiger partial charge in [-0.15, -0.1) is 0 Å². The van der Waals surface area contributed by atoms with Crippen LogP contribution in [0.3, 0.4) is 0 Å². The fourth-order valence-corrected chi connectivity index (χ4v) is 4.08. The number of nitro groups is 1. The Morgan fingerprint density at radius 3 is 2.03 bits per heavy atom. The summed E-state index contributed by atoms with van der Waals surface area (Å²) in [4.78, 5) is 22.3. The van der Waals surface area contributed by atoms with E-state index in [0.29, 0.717) is 45.3 Å². The molecule has 0 radical (unpaired) electrons. The van der Waals surface area contributed by atoms with E-state index in [0.717, 1.165) is 0 Å². The van der Waals surface area contributed by atoms with E-state index in [1.165, 1.54) is 34.4 Å². The zero-order chi connectivity index (χ0) is 25.2. The van der Waals surface area contributed by atoms with Crippen molar-refractivity contribution in [1.29, 1.82) is 0 Å². The summed E-state index contributed by atoms with van der Waals surface area (Å²) in [7, 11) is 0. The Bertz CT molecular complexity index is 1120. The van der Waals surface area contributed by atoms with Gasteiger partial charge in [0.05, 0.1) is 31.4 Å². The number of hydrogen-bond donors (Lipinski definition) is 1. The van der Waals surface area contributed by atoms with Gasteiger partial charge in [-0.05, 0) is 34.4 Å². The van der Waals surface area contributed by atoms with Gasteiger partial charge in [0.2, 0.25) is 0 Å². The molecule has 1 amide bonds. The Morgan fingerprint density at radius 1 is 0.806 bits per heavy atom. The third-order valence-corrected chi connectivity index (χ3v) is 5.78. The topological polar surface area (TPSA) is 109 Å². The molecule has 9 nitrogen and oxygen atoms in total. The van der Waals surface area contributed by atoms with E-state index in [1.807, 2.05) is 24.3 Å². The molecule has 1 aliphatic carbocycles. The van der Waals surface area contributed by atoms with Gasteiger partial charge < -0.3 is 24.3 Å². The number of alkyl carbamates (subject to hydrolysis) is 1. The zero-order valence-corrected chi connectivity index (χ0v) is 19.8. The second kappa shape index (κ2) is 12.7. The van der Waals surface area contributed by atoms with Crippen LogP contribution in [0.15, 0.2) is 72.8 Å². The molecule has 3 aromatic rings. The van der Waals surface area contributed by atoms with Crippen molar-refractivity contribution in [2.24, 2.45) is 0 Å². The third kappa shape index (κ3) is 6.59. The summed E-state index contributed by atoms with van der Waals surface area (Å²) in [6.07, 6.45) is -0.472. The van der Waals surface area contributed by atoms with E-state index >= 15 is 0 Å². The van der Waals surface area contributed by atoms with E-state index in [4.69, 9.17) is 18.9 Å². The molecular weight excluding hydrogens is 464 g/mol. The highest BCUT2D eigenvalue weighted by Crippen LogP contribution is 2.44. The van der Waals surface area contributed by atoms with Crippen molar-refractivity contribution >= 4 is 11.8 Å². The maximum absolute atomic E-state index is 12.1. The molecule has 4 rings (SSSR count). The standard InChI is InChI=1S/C27H28N2O7/c30-27(36-19-26-24-7-3-1-5-22(24)23-6-2-4-8-25(23)26)28-13-14-33-15-16-34-17-18-35-21-11-9-20(10-12-21)29(31)32/h1-12,26H,13-19H2,(H,28,30). The molecule has 3 aromatic carbocycles. The van der Waals surface area contributed by atoms with Crippen LogP contribution in [0, 0.1) is 10.1 Å². The van der Waals surface area contributed by atoms with Gasteiger partial charge in [-0.25, -0.2) is 4.79 Å². The first-order valence-corrected chi connectivity index (χ1v) is 11.7. The van der Waals surface area contributed by atoms with Crippen molar-refractivity contribution in [1.82, 2.24) is 5.32 Å². The number of ether oxygens (including phenoxy) is 4. The summed E-state index contributed by atoms with van der Waals surface area (Å²) in [6, 6.07) is 22.3. The number of nitrogens with zero attached hydrogens (tertiary/aromatic N) is 1. The minimum Gasteiger partial charge on any atom is -0.491 e. The predicted octanol–water partition coefficient (Wildman–Crippen LogP) is 4.55. The Labute approximate surface area is 209 Å². The molecule has 9 heteroatoms. The van der Waals surface area contributed by atoms with Crippen LogP contribution in [0.2, 0.25) is 0 Å². The van der Waals surface area contributed by atoms with Gasteiger partial charge in [0.15, 0.2) is 0 Å². The van der Waals surface area contributed by atoms with E-state index < -0.39 is 11.0 Å². The van der Waals surface area contributed by atoms with Crippen molar-refractivity contribution in [3.05, 3.63) is 94.0 Å². The Hall–Kier alpha value is -3.95. The number of amides is 1. The minimum absolute atomic E-state index is 0.0175. The van der Waals surface area contributed by atoms with Crippen molar-refractivity contribution in [2.45, 2.75) is 5.92 Å². The van der Waals surface area contributed by atoms with Gasteiger partial charge in [-0.2, -0.15) is 0 Å². The van der Waals surface area contributed by atoms with Crippen LogP contribution in [0.25, 0.3) is 11.1 Å². The van der Waals surface area contributed by atoms with Crippen LogP contribution < -0.4 is 10.1 Å². The summed E-state index contributed by atoms with van der Waals surface area (Å²) in [5, 5.41) is 13.3. The van der Waals surface area contributed by atoms with Crippen LogP contribution in [0.5, 0.6) is 5.75 Å². The smallest absolute Gasteiger partial charge is 0.407 e. The van der Waals surface area contributed by atoms with Crippen LogP contribution >= 0.6 is 0 Å². The molecule has 1 N–H and O–H groups in total. The number of carbonyl (C=O) groups is 1. The second-order valence-electron chi connectivity index (χ2n) is 8.08. The minimum atomic E-state index is -0.472. The summed E-state index contributed by atoms with van der Waals surface area (Å²) in [5.41, 5.74) is 4.75. The molecule has 0 saturated carbocycles. The molecule has 0 spiro atoms. The lowest BCUT2D eigenvalue weighted by molar-refractivity contribution is -0.384. The van der Waals surface area contributed by atoms with E-state index in [9.17, 15) is 14.9 Å². The summed E-state index contributed by atoms with van der Waals surface area (Å²) in [5.74, 6) is 0.570. The SMILES string of the molecule is O=C(NCCOCCOCCOc1ccc([N+](=O)[O-])cc1)OCC1c2ccccc2-c2ccccc21. The first-order chi connectivity index (χ1) is 17.6. The summed E-state index contributed by atoms with van der Waals surface area (Å²) in [6.45, 7) is 2.39. The highest BCUT2D eigenvalue weighted by molar-refractivity contribution is 5.79. The van der Waals surface area contributed by atoms with Crippen LogP contribution in [0.4, 0.5) is 10.5 Å². The van der Waals surface area contributed by atoms with Crippen LogP contribution in [-0.4, -0.2) is 57.2 Å². The van der Waals surface area contributed by atoms with Crippen molar-refractivity contribution in [2.75, 3.05) is 46.2 Å². The third-order valence-electron chi connectivity index (χ3n) is 5.78. The fraction of sp³-hybridized carbons (Fsp3) is 0.296. The number of non-ortho nitro benzene ring substituents is 1. The summed E-state index contributed by atoms with van der Waals surface area (Å²) < 4.78 is 21.8. The molecule has 0 aromatic heterocycles. The highest BCUT2D eigenvalue weighted by atomic mass is 16.6. The van der Waals surface area contributed by atoms with Gasteiger partial charge >= 0.3 is 6.09 Å². The molecule has 188 valence electrons. The molecule has 0 unspecified atom stereocenters. The second-order valence-corrected chi connectivity index (χ2v) is 8.08. The first kappa shape index (κ1) is 25.2. The highest BCUT2D eigenvalue weighted by Gasteiger charge is 2.28. The van der Waals surface area contributed by atoms with Crippen molar-refractivity contribution in [3.8, 4) is 16.9 Å². The zero-order valence-electron chi connectivity index (χ0n) is 19.8. The van der Waals surface area contributed by atoms with Gasteiger partial charge in [-0.3, -0.25) is 10.1 Å². The molecule has 0 saturated heterocycles. The number of hydrogen-bond acceptors (Lipinski definition) is 7. The van der Waals surface area contributed by atoms with E-state index in [2.05, 4.69) is 29.6 Å². The van der Waals surface area contributed by atoms with Gasteiger partial charge in [0.25, 0.3) is 5.69 Å². The molecular formula is C27H28N2O7. The van der Waals surface area contributed by atoms with Gasteiger partial charge in [0.1, 0.15) is 19.0 Å². The molecule has 0 bridgehead atoms. The Morgan fingerprint density at radius 2 is 1.39 bits per heavy atom. The lowest BCUT2D eigenvalue weighted by Crippen LogP contribution is -2.29. The van der Waals surface area contributed by atoms with Crippen LogP contribution in [0.1, 0.15) is 17.0 Å². The van der Waals surface area contributed by atoms with Gasteiger partial charge in [-0.1, -0.05) is 48.5 Å². The monoisotopic (exact) mass is 492 g/mol. The molecule has 1 aliphatic rings. The Kier molecular flexibility index (Phi) is 8.85. The fourth-order valence-electron chi connectivity index (χ4n) is 4.08. The number of nitrogens with one attached hydrogen (secondary N) is 1. The van der Waals surface area contributed by atoms with Crippen LogP contribution in [-0.2, 0) is 14.2 Å². The molecule has 0 heterocycles. The van der Waals surface area contributed by atoms with Crippen molar-refractivity contribution < 1.29 is 28.7 Å². The maximum Gasteiger partial charge on any atom is 0.407 e. The first-order valence-electron chi connectivity index (χ1n) is 11.7. The van der Waals surface area contributed by atoms with E-state index in [1.54, 1.807) is 12.1 Å². The quantitative estimate of drug-likeness (QED) is 0.212. The van der Waals surface area contributed by atoms with E-state index in [-0.39, 0.29) is 18.2 Å². The Balaban J connectivity index is 1.04. The largest absolute Gasteiger partial charge is 0.491 e. The van der Waals surface area contributed by atoms with Gasteiger partial charge in [0, 0.05) is 24.6 Å². The lowest BCUT2D eigenvalue weighted by atomic mass is 9.98. The number of carbonyl (C=O) groups excluding carboxylic acids is 1. The van der Waals surface area contributed by atoms with Crippen molar-refractivity contribution in [3.63, 3.8) is 0 Å². The molecule has 0 atom stereocenters. The average Bonchev–Trinajstić information content (AvgIpc) is 3.22. The number of rotatable bonds is 13.